The molecule has 0 radical (unpaired) electrons. The van der Waals surface area contributed by atoms with E-state index in [1.165, 1.54) is 11.8 Å². The maximum Gasteiger partial charge on any atom is 0.260 e. The highest BCUT2D eigenvalue weighted by Crippen LogP contribution is 2.06. The number of aromatic amines is 1. The highest BCUT2D eigenvalue weighted by molar-refractivity contribution is 5.71. The molecule has 0 aliphatic carbocycles. The number of nitrogens with one attached hydrogen (secondary N) is 1. The Morgan fingerprint density at radius 3 is 2.75 bits per heavy atom. The van der Waals surface area contributed by atoms with E-state index in [0.29, 0.717) is 16.9 Å². The van der Waals surface area contributed by atoms with Gasteiger partial charge in [-0.25, -0.2) is 4.98 Å². The molecule has 0 saturated heterocycles. The van der Waals surface area contributed by atoms with Gasteiger partial charge in [-0.1, -0.05) is 30.3 Å². The molecule has 100 valence electrons. The number of hydrogen-bond acceptors (Lipinski definition) is 4. The van der Waals surface area contributed by atoms with Crippen LogP contribution < -0.4 is 5.56 Å². The molecule has 0 aliphatic rings. The summed E-state index contributed by atoms with van der Waals surface area (Å²) in [4.78, 5) is 19.0. The SMILES string of the molecule is O=c1[nH]c(CCCc2ccccc2)nc2nnccc12. The van der Waals surface area contributed by atoms with Gasteiger partial charge in [0.25, 0.3) is 5.56 Å². The predicted octanol–water partition coefficient (Wildman–Crippen LogP) is 1.89. The molecule has 0 fully saturated rings. The summed E-state index contributed by atoms with van der Waals surface area (Å²) in [5.74, 6) is 0.666. The number of aromatic nitrogens is 4. The maximum absolute atomic E-state index is 11.9. The van der Waals surface area contributed by atoms with Crippen LogP contribution in [0.4, 0.5) is 0 Å². The first-order valence-electron chi connectivity index (χ1n) is 6.57. The van der Waals surface area contributed by atoms with Gasteiger partial charge < -0.3 is 4.98 Å². The third-order valence-electron chi connectivity index (χ3n) is 3.17. The first-order valence-corrected chi connectivity index (χ1v) is 6.57. The number of nitrogens with zero attached hydrogens (tertiary/aromatic N) is 3. The molecule has 0 saturated carbocycles. The van der Waals surface area contributed by atoms with Crippen molar-refractivity contribution in [1.82, 2.24) is 20.2 Å². The molecular weight excluding hydrogens is 252 g/mol. The summed E-state index contributed by atoms with van der Waals surface area (Å²) in [6, 6.07) is 11.9. The molecule has 0 unspecified atom stereocenters. The van der Waals surface area contributed by atoms with Crippen LogP contribution in [0.2, 0.25) is 0 Å². The molecule has 0 amide bonds. The molecule has 0 bridgehead atoms. The first kappa shape index (κ1) is 12.5. The lowest BCUT2D eigenvalue weighted by Crippen LogP contribution is -2.13. The molecule has 0 aliphatic heterocycles. The van der Waals surface area contributed by atoms with E-state index in [1.807, 2.05) is 18.2 Å². The third-order valence-corrected chi connectivity index (χ3v) is 3.17. The maximum atomic E-state index is 11.9. The lowest BCUT2D eigenvalue weighted by molar-refractivity contribution is 0.769. The Labute approximate surface area is 115 Å². The van der Waals surface area contributed by atoms with Crippen LogP contribution in [0, 0.1) is 0 Å². The normalized spacial score (nSPS) is 10.8. The molecule has 1 aromatic carbocycles. The highest BCUT2D eigenvalue weighted by atomic mass is 16.1. The van der Waals surface area contributed by atoms with E-state index in [1.54, 1.807) is 6.07 Å². The smallest absolute Gasteiger partial charge is 0.260 e. The molecule has 3 aromatic rings. The van der Waals surface area contributed by atoms with Crippen LogP contribution in [-0.4, -0.2) is 20.2 Å². The van der Waals surface area contributed by atoms with Crippen molar-refractivity contribution in [3.63, 3.8) is 0 Å². The second-order valence-corrected chi connectivity index (χ2v) is 4.62. The Morgan fingerprint density at radius 1 is 1.05 bits per heavy atom. The summed E-state index contributed by atoms with van der Waals surface area (Å²) >= 11 is 0. The molecular formula is C15H14N4O. The molecule has 1 N–H and O–H groups in total. The summed E-state index contributed by atoms with van der Waals surface area (Å²) in [6.07, 6.45) is 4.10. The van der Waals surface area contributed by atoms with E-state index in [2.05, 4.69) is 32.3 Å². The standard InChI is InChI=1S/C15H14N4O/c20-15-12-9-10-16-19-14(12)17-13(18-15)8-4-7-11-5-2-1-3-6-11/h1-3,5-6,9-10H,4,7-8H2,(H,17,18,19,20). The van der Waals surface area contributed by atoms with Crippen LogP contribution in [0.15, 0.2) is 47.4 Å². The van der Waals surface area contributed by atoms with Gasteiger partial charge >= 0.3 is 0 Å². The second kappa shape index (κ2) is 5.61. The van der Waals surface area contributed by atoms with Crippen LogP contribution in [-0.2, 0) is 12.8 Å². The Hall–Kier alpha value is -2.56. The summed E-state index contributed by atoms with van der Waals surface area (Å²) in [5, 5.41) is 8.12. The van der Waals surface area contributed by atoms with Crippen LogP contribution in [0.5, 0.6) is 0 Å². The quantitative estimate of drug-likeness (QED) is 0.782. The van der Waals surface area contributed by atoms with Crippen molar-refractivity contribution in [3.8, 4) is 0 Å². The average Bonchev–Trinajstić information content (AvgIpc) is 2.48. The third kappa shape index (κ3) is 2.71. The van der Waals surface area contributed by atoms with Gasteiger partial charge in [0.05, 0.1) is 11.6 Å². The van der Waals surface area contributed by atoms with Crippen molar-refractivity contribution in [2.24, 2.45) is 0 Å². The van der Waals surface area contributed by atoms with Gasteiger partial charge in [-0.2, -0.15) is 5.10 Å². The van der Waals surface area contributed by atoms with Crippen molar-refractivity contribution in [1.29, 1.82) is 0 Å². The van der Waals surface area contributed by atoms with E-state index in [4.69, 9.17) is 0 Å². The van der Waals surface area contributed by atoms with Gasteiger partial charge in [0, 0.05) is 6.42 Å². The fourth-order valence-corrected chi connectivity index (χ4v) is 2.16. The predicted molar refractivity (Wildman–Crippen MR) is 76.4 cm³/mol. The van der Waals surface area contributed by atoms with Gasteiger partial charge in [-0.15, -0.1) is 5.10 Å². The Morgan fingerprint density at radius 2 is 1.90 bits per heavy atom. The monoisotopic (exact) mass is 266 g/mol. The highest BCUT2D eigenvalue weighted by Gasteiger charge is 2.04. The van der Waals surface area contributed by atoms with Crippen molar-refractivity contribution in [2.75, 3.05) is 0 Å². The largest absolute Gasteiger partial charge is 0.310 e. The zero-order chi connectivity index (χ0) is 13.8. The van der Waals surface area contributed by atoms with E-state index >= 15 is 0 Å². The number of aryl methyl sites for hydroxylation is 2. The minimum atomic E-state index is -0.153. The molecule has 0 spiro atoms. The number of rotatable bonds is 4. The second-order valence-electron chi connectivity index (χ2n) is 4.62. The summed E-state index contributed by atoms with van der Waals surface area (Å²) in [5.41, 5.74) is 1.54. The topological polar surface area (TPSA) is 71.5 Å². The zero-order valence-electron chi connectivity index (χ0n) is 10.9. The number of fused-ring (bicyclic) bond motifs is 1. The lowest BCUT2D eigenvalue weighted by atomic mass is 10.1. The Bertz CT molecular complexity index is 767. The Kier molecular flexibility index (Phi) is 3.50. The van der Waals surface area contributed by atoms with Crippen molar-refractivity contribution < 1.29 is 0 Å². The Balaban J connectivity index is 1.73. The first-order chi connectivity index (χ1) is 9.83. The minimum Gasteiger partial charge on any atom is -0.310 e. The van der Waals surface area contributed by atoms with Crippen LogP contribution >= 0.6 is 0 Å². The number of benzene rings is 1. The summed E-state index contributed by atoms with van der Waals surface area (Å²) in [6.45, 7) is 0. The van der Waals surface area contributed by atoms with Crippen LogP contribution in [0.1, 0.15) is 17.8 Å². The minimum absolute atomic E-state index is 0.153. The fraction of sp³-hybridized carbons (Fsp3) is 0.200. The number of H-pyrrole nitrogens is 1. The summed E-state index contributed by atoms with van der Waals surface area (Å²) < 4.78 is 0. The number of hydrogen-bond donors (Lipinski definition) is 1. The molecule has 2 aromatic heterocycles. The molecule has 3 rings (SSSR count). The molecule has 2 heterocycles. The molecule has 20 heavy (non-hydrogen) atoms. The molecule has 0 atom stereocenters. The van der Waals surface area contributed by atoms with Crippen molar-refractivity contribution >= 4 is 11.0 Å². The lowest BCUT2D eigenvalue weighted by Gasteiger charge is -2.02. The molecule has 5 nitrogen and oxygen atoms in total. The van der Waals surface area contributed by atoms with Crippen LogP contribution in [0.25, 0.3) is 11.0 Å². The van der Waals surface area contributed by atoms with E-state index in [9.17, 15) is 4.79 Å². The fourth-order valence-electron chi connectivity index (χ4n) is 2.16. The van der Waals surface area contributed by atoms with Gasteiger partial charge in [0.15, 0.2) is 5.65 Å². The van der Waals surface area contributed by atoms with Gasteiger partial charge in [-0.3, -0.25) is 4.79 Å². The van der Waals surface area contributed by atoms with Gasteiger partial charge in [0.2, 0.25) is 0 Å². The summed E-state index contributed by atoms with van der Waals surface area (Å²) in [7, 11) is 0. The van der Waals surface area contributed by atoms with E-state index in [0.717, 1.165) is 19.3 Å². The van der Waals surface area contributed by atoms with Crippen molar-refractivity contribution in [2.45, 2.75) is 19.3 Å². The zero-order valence-corrected chi connectivity index (χ0v) is 10.9. The molecule has 5 heteroatoms. The van der Waals surface area contributed by atoms with Gasteiger partial charge in [-0.05, 0) is 24.5 Å². The average molecular weight is 266 g/mol. The van der Waals surface area contributed by atoms with E-state index < -0.39 is 0 Å². The van der Waals surface area contributed by atoms with Gasteiger partial charge in [0.1, 0.15) is 5.82 Å². The van der Waals surface area contributed by atoms with E-state index in [-0.39, 0.29) is 5.56 Å². The van der Waals surface area contributed by atoms with Crippen LogP contribution in [0.3, 0.4) is 0 Å². The van der Waals surface area contributed by atoms with Crippen molar-refractivity contribution in [3.05, 3.63) is 64.3 Å².